The van der Waals surface area contributed by atoms with Crippen molar-refractivity contribution in [2.24, 2.45) is 5.92 Å². The molecule has 0 atom stereocenters. The first-order valence-electron chi connectivity index (χ1n) is 8.30. The molecule has 6 nitrogen and oxygen atoms in total. The van der Waals surface area contributed by atoms with E-state index in [1.165, 1.54) is 30.4 Å². The molecule has 2 aromatic heterocycles. The summed E-state index contributed by atoms with van der Waals surface area (Å²) in [6, 6.07) is 3.37. The fourth-order valence-corrected chi connectivity index (χ4v) is 3.81. The number of anilines is 1. The molecule has 2 aliphatic rings. The topological polar surface area (TPSA) is 75.4 Å². The van der Waals surface area contributed by atoms with Crippen molar-refractivity contribution in [3.63, 3.8) is 0 Å². The molecule has 3 heterocycles. The van der Waals surface area contributed by atoms with Crippen molar-refractivity contribution in [3.8, 4) is 0 Å². The molecule has 24 heavy (non-hydrogen) atoms. The van der Waals surface area contributed by atoms with E-state index >= 15 is 0 Å². The molecule has 0 spiro atoms. The first kappa shape index (κ1) is 15.4. The van der Waals surface area contributed by atoms with E-state index in [1.54, 1.807) is 17.0 Å². The number of amides is 2. The van der Waals surface area contributed by atoms with Crippen LogP contribution in [0.15, 0.2) is 28.2 Å². The molecule has 1 N–H and O–H groups in total. The highest BCUT2D eigenvalue weighted by molar-refractivity contribution is 7.13. The first-order valence-corrected chi connectivity index (χ1v) is 9.18. The second-order valence-corrected chi connectivity index (χ2v) is 7.24. The van der Waals surface area contributed by atoms with Crippen LogP contribution in [0.3, 0.4) is 0 Å². The Kier molecular flexibility index (Phi) is 4.10. The third-order valence-corrected chi connectivity index (χ3v) is 5.41. The van der Waals surface area contributed by atoms with Crippen molar-refractivity contribution in [2.45, 2.75) is 31.6 Å². The lowest BCUT2D eigenvalue weighted by molar-refractivity contribution is -0.121. The van der Waals surface area contributed by atoms with Crippen molar-refractivity contribution in [1.29, 1.82) is 0 Å². The highest BCUT2D eigenvalue weighted by Crippen LogP contribution is 2.41. The number of carbonyl (C=O) groups excluding carboxylic acids is 2. The maximum absolute atomic E-state index is 12.4. The van der Waals surface area contributed by atoms with E-state index in [1.807, 2.05) is 5.38 Å². The molecule has 0 aromatic carbocycles. The van der Waals surface area contributed by atoms with Gasteiger partial charge >= 0.3 is 0 Å². The maximum Gasteiger partial charge on any atom is 0.289 e. The minimum atomic E-state index is -0.104. The van der Waals surface area contributed by atoms with Crippen molar-refractivity contribution in [2.75, 3.05) is 18.4 Å². The van der Waals surface area contributed by atoms with E-state index in [-0.39, 0.29) is 17.7 Å². The van der Waals surface area contributed by atoms with E-state index in [0.29, 0.717) is 42.7 Å². The number of thiazole rings is 1. The Morgan fingerprint density at radius 2 is 2.04 bits per heavy atom. The number of carbonyl (C=O) groups is 2. The van der Waals surface area contributed by atoms with Crippen LogP contribution in [0, 0.1) is 5.92 Å². The molecular formula is C17H19N3O3S. The Bertz CT molecular complexity index is 728. The van der Waals surface area contributed by atoms with Gasteiger partial charge in [0.05, 0.1) is 12.0 Å². The van der Waals surface area contributed by atoms with Crippen molar-refractivity contribution in [1.82, 2.24) is 9.88 Å². The van der Waals surface area contributed by atoms with Crippen LogP contribution in [0.2, 0.25) is 0 Å². The van der Waals surface area contributed by atoms with Crippen molar-refractivity contribution < 1.29 is 14.0 Å². The molecule has 0 bridgehead atoms. The molecule has 2 amide bonds. The number of hydrogen-bond donors (Lipinski definition) is 1. The van der Waals surface area contributed by atoms with Gasteiger partial charge in [-0.1, -0.05) is 0 Å². The van der Waals surface area contributed by atoms with E-state index in [2.05, 4.69) is 10.3 Å². The summed E-state index contributed by atoms with van der Waals surface area (Å²) < 4.78 is 5.15. The van der Waals surface area contributed by atoms with Crippen LogP contribution in [-0.4, -0.2) is 34.8 Å². The van der Waals surface area contributed by atoms with Gasteiger partial charge < -0.3 is 14.6 Å². The lowest BCUT2D eigenvalue weighted by atomic mass is 9.96. The van der Waals surface area contributed by atoms with Crippen molar-refractivity contribution in [3.05, 3.63) is 35.2 Å². The van der Waals surface area contributed by atoms with Gasteiger partial charge in [0.2, 0.25) is 5.91 Å². The second kappa shape index (κ2) is 6.39. The van der Waals surface area contributed by atoms with Crippen LogP contribution in [0.25, 0.3) is 0 Å². The fourth-order valence-electron chi connectivity index (χ4n) is 3.02. The van der Waals surface area contributed by atoms with E-state index in [4.69, 9.17) is 4.42 Å². The number of hydrogen-bond acceptors (Lipinski definition) is 5. The minimum absolute atomic E-state index is 0.0109. The molecule has 1 aliphatic carbocycles. The molecule has 1 saturated heterocycles. The average Bonchev–Trinajstić information content (AvgIpc) is 3.11. The Morgan fingerprint density at radius 1 is 1.25 bits per heavy atom. The molecule has 4 rings (SSSR count). The van der Waals surface area contributed by atoms with Gasteiger partial charge in [-0.25, -0.2) is 4.98 Å². The normalized spacial score (nSPS) is 18.6. The lowest BCUT2D eigenvalue weighted by Crippen LogP contribution is -2.41. The number of likely N-dealkylation sites (tertiary alicyclic amines) is 1. The number of nitrogens with zero attached hydrogens (tertiary/aromatic N) is 2. The summed E-state index contributed by atoms with van der Waals surface area (Å²) in [5.74, 6) is 0.791. The Balaban J connectivity index is 1.30. The van der Waals surface area contributed by atoms with Crippen molar-refractivity contribution >= 4 is 28.3 Å². The quantitative estimate of drug-likeness (QED) is 0.924. The van der Waals surface area contributed by atoms with Crippen LogP contribution in [0.5, 0.6) is 0 Å². The number of furan rings is 1. The molecule has 0 unspecified atom stereocenters. The third kappa shape index (κ3) is 3.21. The van der Waals surface area contributed by atoms with Gasteiger partial charge in [0.25, 0.3) is 5.91 Å². The summed E-state index contributed by atoms with van der Waals surface area (Å²) in [4.78, 5) is 30.9. The van der Waals surface area contributed by atoms with Crippen LogP contribution < -0.4 is 5.32 Å². The molecule has 2 aromatic rings. The Labute approximate surface area is 143 Å². The number of piperidine rings is 1. The summed E-state index contributed by atoms with van der Waals surface area (Å²) in [6.45, 7) is 1.14. The van der Waals surface area contributed by atoms with E-state index in [0.717, 1.165) is 5.69 Å². The lowest BCUT2D eigenvalue weighted by Gasteiger charge is -2.30. The van der Waals surface area contributed by atoms with Gasteiger partial charge in [0.1, 0.15) is 0 Å². The molecule has 1 saturated carbocycles. The van der Waals surface area contributed by atoms with Crippen LogP contribution in [0.4, 0.5) is 5.13 Å². The zero-order chi connectivity index (χ0) is 16.5. The SMILES string of the molecule is O=C(Nc1nc(C2CC2)cs1)C1CCN(C(=O)c2ccco2)CC1. The highest BCUT2D eigenvalue weighted by Gasteiger charge is 2.30. The van der Waals surface area contributed by atoms with E-state index < -0.39 is 0 Å². The zero-order valence-electron chi connectivity index (χ0n) is 13.2. The average molecular weight is 345 g/mol. The van der Waals surface area contributed by atoms with Gasteiger partial charge in [-0.15, -0.1) is 11.3 Å². The number of rotatable bonds is 4. The zero-order valence-corrected chi connectivity index (χ0v) is 14.1. The summed E-state index contributed by atoms with van der Waals surface area (Å²) in [5, 5.41) is 5.66. The highest BCUT2D eigenvalue weighted by atomic mass is 32.1. The summed E-state index contributed by atoms with van der Waals surface area (Å²) in [5.41, 5.74) is 1.11. The predicted molar refractivity (Wildman–Crippen MR) is 90.1 cm³/mol. The van der Waals surface area contributed by atoms with Gasteiger partial charge in [0.15, 0.2) is 10.9 Å². The van der Waals surface area contributed by atoms with Gasteiger partial charge in [-0.3, -0.25) is 9.59 Å². The second-order valence-electron chi connectivity index (χ2n) is 6.38. The fraction of sp³-hybridized carbons (Fsp3) is 0.471. The third-order valence-electron chi connectivity index (χ3n) is 4.63. The van der Waals surface area contributed by atoms with Crippen LogP contribution in [0.1, 0.15) is 47.8 Å². The van der Waals surface area contributed by atoms with E-state index in [9.17, 15) is 9.59 Å². The summed E-state index contributed by atoms with van der Waals surface area (Å²) >= 11 is 1.49. The van der Waals surface area contributed by atoms with Crippen LogP contribution in [-0.2, 0) is 4.79 Å². The molecule has 1 aliphatic heterocycles. The maximum atomic E-state index is 12.4. The summed E-state index contributed by atoms with van der Waals surface area (Å²) in [7, 11) is 0. The standard InChI is InChI=1S/C17H19N3O3S/c21-15(19-17-18-13(10-24-17)11-3-4-11)12-5-7-20(8-6-12)16(22)14-2-1-9-23-14/h1-2,9-12H,3-8H2,(H,18,19,21). The molecule has 0 radical (unpaired) electrons. The number of aromatic nitrogens is 1. The minimum Gasteiger partial charge on any atom is -0.459 e. The van der Waals surface area contributed by atoms with Gasteiger partial charge in [-0.2, -0.15) is 0 Å². The molecule has 2 fully saturated rings. The largest absolute Gasteiger partial charge is 0.459 e. The first-order chi connectivity index (χ1) is 11.7. The van der Waals surface area contributed by atoms with Gasteiger partial charge in [-0.05, 0) is 37.8 Å². The summed E-state index contributed by atoms with van der Waals surface area (Å²) in [6.07, 6.45) is 5.24. The molecule has 7 heteroatoms. The monoisotopic (exact) mass is 345 g/mol. The molecule has 126 valence electrons. The molecular weight excluding hydrogens is 326 g/mol. The number of nitrogens with one attached hydrogen (secondary N) is 1. The predicted octanol–water partition coefficient (Wildman–Crippen LogP) is 3.10. The Hall–Kier alpha value is -2.15. The smallest absolute Gasteiger partial charge is 0.289 e. The van der Waals surface area contributed by atoms with Gasteiger partial charge in [0, 0.05) is 30.3 Å². The Morgan fingerprint density at radius 3 is 2.71 bits per heavy atom. The van der Waals surface area contributed by atoms with Crippen LogP contribution >= 0.6 is 11.3 Å².